The molecule has 0 radical (unpaired) electrons. The minimum Gasteiger partial charge on any atom is -0.406 e. The standard InChI is InChI=1S/C23H26ClF3N4O5S/c24-5-7-29-6-1-2-15(13-29)31-21-17-4-3-16(36-23(25,26)27)12-19(17)37(33,34)14-18(21)20(28-31)22(32)30-8-10-35-11-9-30/h3-4,12,15H,1-2,5-11,13-14H2/t15-/m0/s1. The Morgan fingerprint density at radius 2 is 1.97 bits per heavy atom. The zero-order valence-electron chi connectivity index (χ0n) is 19.8. The first-order chi connectivity index (χ1) is 17.6. The van der Waals surface area contributed by atoms with Gasteiger partial charge in [0.2, 0.25) is 0 Å². The molecule has 1 amide bonds. The largest absolute Gasteiger partial charge is 0.573 e. The Morgan fingerprint density at radius 3 is 2.68 bits per heavy atom. The van der Waals surface area contributed by atoms with Crippen LogP contribution in [0.15, 0.2) is 23.1 Å². The van der Waals surface area contributed by atoms with Gasteiger partial charge in [0, 0.05) is 43.2 Å². The summed E-state index contributed by atoms with van der Waals surface area (Å²) in [4.78, 5) is 17.0. The minimum atomic E-state index is -4.97. The molecule has 2 aromatic rings. The number of sulfone groups is 1. The number of alkyl halides is 4. The summed E-state index contributed by atoms with van der Waals surface area (Å²) >= 11 is 5.95. The molecule has 14 heteroatoms. The molecule has 0 N–H and O–H groups in total. The third-order valence-electron chi connectivity index (χ3n) is 6.85. The molecular weight excluding hydrogens is 537 g/mol. The zero-order chi connectivity index (χ0) is 26.4. The third kappa shape index (κ3) is 5.31. The highest BCUT2D eigenvalue weighted by Crippen LogP contribution is 2.43. The smallest absolute Gasteiger partial charge is 0.406 e. The molecule has 202 valence electrons. The Balaban J connectivity index is 1.64. The molecule has 0 bridgehead atoms. The number of nitrogens with zero attached hydrogens (tertiary/aromatic N) is 4. The Bertz CT molecular complexity index is 1290. The van der Waals surface area contributed by atoms with Crippen molar-refractivity contribution in [1.82, 2.24) is 19.6 Å². The predicted octanol–water partition coefficient (Wildman–Crippen LogP) is 3.08. The van der Waals surface area contributed by atoms with Crippen LogP contribution in [0, 0.1) is 0 Å². The summed E-state index contributed by atoms with van der Waals surface area (Å²) in [6.07, 6.45) is -3.37. The normalized spacial score (nSPS) is 21.8. The van der Waals surface area contributed by atoms with Crippen LogP contribution in [0.1, 0.15) is 34.9 Å². The van der Waals surface area contributed by atoms with Crippen LogP contribution in [-0.4, -0.2) is 92.1 Å². The number of carbonyl (C=O) groups is 1. The molecule has 4 heterocycles. The van der Waals surface area contributed by atoms with Crippen LogP contribution in [0.3, 0.4) is 0 Å². The molecule has 9 nitrogen and oxygen atoms in total. The lowest BCUT2D eigenvalue weighted by atomic mass is 10.0. The molecule has 0 spiro atoms. The maximum absolute atomic E-state index is 13.5. The van der Waals surface area contributed by atoms with Crippen LogP contribution >= 0.6 is 11.6 Å². The monoisotopic (exact) mass is 562 g/mol. The van der Waals surface area contributed by atoms with Crippen molar-refractivity contribution in [3.63, 3.8) is 0 Å². The van der Waals surface area contributed by atoms with Crippen LogP contribution in [0.4, 0.5) is 13.2 Å². The van der Waals surface area contributed by atoms with Gasteiger partial charge >= 0.3 is 6.36 Å². The summed E-state index contributed by atoms with van der Waals surface area (Å²) in [5.74, 6) is -1.11. The lowest BCUT2D eigenvalue weighted by Crippen LogP contribution is -2.41. The van der Waals surface area contributed by atoms with E-state index in [0.29, 0.717) is 51.0 Å². The van der Waals surface area contributed by atoms with Crippen molar-refractivity contribution in [2.75, 3.05) is 51.8 Å². The molecule has 0 saturated carbocycles. The molecule has 37 heavy (non-hydrogen) atoms. The van der Waals surface area contributed by atoms with E-state index in [4.69, 9.17) is 16.3 Å². The minimum absolute atomic E-state index is 0.0520. The Labute approximate surface area is 217 Å². The third-order valence-corrected chi connectivity index (χ3v) is 8.69. The van der Waals surface area contributed by atoms with Crippen molar-refractivity contribution in [3.8, 4) is 17.0 Å². The lowest BCUT2D eigenvalue weighted by molar-refractivity contribution is -0.274. The number of rotatable bonds is 5. The number of benzene rings is 1. The average Bonchev–Trinajstić information content (AvgIpc) is 3.22. The van der Waals surface area contributed by atoms with Crippen molar-refractivity contribution >= 4 is 27.3 Å². The summed E-state index contributed by atoms with van der Waals surface area (Å²) in [5.41, 5.74) is 0.968. The quantitative estimate of drug-likeness (QED) is 0.517. The number of aromatic nitrogens is 2. The van der Waals surface area contributed by atoms with E-state index in [0.717, 1.165) is 31.5 Å². The van der Waals surface area contributed by atoms with Crippen LogP contribution in [0.5, 0.6) is 5.75 Å². The molecule has 1 atom stereocenters. The highest BCUT2D eigenvalue weighted by molar-refractivity contribution is 7.90. The van der Waals surface area contributed by atoms with Gasteiger partial charge in [-0.15, -0.1) is 24.8 Å². The highest BCUT2D eigenvalue weighted by atomic mass is 35.5. The number of morpholine rings is 1. The van der Waals surface area contributed by atoms with Gasteiger partial charge in [0.15, 0.2) is 15.5 Å². The molecule has 0 aliphatic carbocycles. The summed E-state index contributed by atoms with van der Waals surface area (Å²) in [5, 5.41) is 4.68. The van der Waals surface area contributed by atoms with Crippen LogP contribution in [-0.2, 0) is 20.3 Å². The van der Waals surface area contributed by atoms with Gasteiger partial charge in [-0.2, -0.15) is 5.10 Å². The van der Waals surface area contributed by atoms with Crippen LogP contribution in [0.2, 0.25) is 0 Å². The van der Waals surface area contributed by atoms with Gasteiger partial charge in [-0.25, -0.2) is 8.42 Å². The van der Waals surface area contributed by atoms with Crippen molar-refractivity contribution in [1.29, 1.82) is 0 Å². The van der Waals surface area contributed by atoms with E-state index in [1.165, 1.54) is 6.07 Å². The number of piperidine rings is 1. The number of ether oxygens (including phenoxy) is 2. The summed E-state index contributed by atoms with van der Waals surface area (Å²) in [7, 11) is -4.08. The number of carbonyl (C=O) groups excluding carboxylic acids is 1. The number of amides is 1. The fraction of sp³-hybridized carbons (Fsp3) is 0.565. The van der Waals surface area contributed by atoms with Crippen LogP contribution in [0.25, 0.3) is 11.3 Å². The van der Waals surface area contributed by atoms with Crippen molar-refractivity contribution in [3.05, 3.63) is 29.5 Å². The molecular formula is C23H26ClF3N4O5S. The fourth-order valence-corrected chi connectivity index (χ4v) is 7.06. The van der Waals surface area contributed by atoms with Gasteiger partial charge in [-0.3, -0.25) is 9.48 Å². The van der Waals surface area contributed by atoms with E-state index in [1.807, 2.05) is 0 Å². The Hall–Kier alpha value is -2.35. The number of fused-ring (bicyclic) bond motifs is 3. The number of halogens is 4. The first kappa shape index (κ1) is 26.3. The maximum atomic E-state index is 13.5. The van der Waals surface area contributed by atoms with Gasteiger partial charge in [0.05, 0.1) is 35.6 Å². The molecule has 1 aromatic carbocycles. The topological polar surface area (TPSA) is 94.0 Å². The molecule has 2 fully saturated rings. The van der Waals surface area contributed by atoms with Gasteiger partial charge in [-0.1, -0.05) is 0 Å². The van der Waals surface area contributed by atoms with E-state index in [9.17, 15) is 26.4 Å². The Morgan fingerprint density at radius 1 is 1.22 bits per heavy atom. The van der Waals surface area contributed by atoms with Gasteiger partial charge < -0.3 is 19.3 Å². The highest BCUT2D eigenvalue weighted by Gasteiger charge is 2.40. The summed E-state index contributed by atoms with van der Waals surface area (Å²) in [6.45, 7) is 3.58. The fourth-order valence-electron chi connectivity index (χ4n) is 5.22. The van der Waals surface area contributed by atoms with E-state index in [1.54, 1.807) is 9.58 Å². The second-order valence-corrected chi connectivity index (χ2v) is 11.6. The average molecular weight is 563 g/mol. The maximum Gasteiger partial charge on any atom is 0.573 e. The van der Waals surface area contributed by atoms with E-state index in [2.05, 4.69) is 14.7 Å². The molecule has 0 unspecified atom stereocenters. The summed E-state index contributed by atoms with van der Waals surface area (Å²) in [6, 6.07) is 3.10. The Kier molecular flexibility index (Phi) is 7.16. The molecule has 1 aromatic heterocycles. The predicted molar refractivity (Wildman–Crippen MR) is 127 cm³/mol. The second-order valence-electron chi connectivity index (χ2n) is 9.28. The number of hydrogen-bond donors (Lipinski definition) is 0. The first-order valence-electron chi connectivity index (χ1n) is 12.0. The summed E-state index contributed by atoms with van der Waals surface area (Å²) < 4.78 is 76.1. The van der Waals surface area contributed by atoms with Crippen molar-refractivity contribution in [2.24, 2.45) is 0 Å². The lowest BCUT2D eigenvalue weighted by Gasteiger charge is -2.33. The molecule has 3 aliphatic rings. The molecule has 2 saturated heterocycles. The number of likely N-dealkylation sites (tertiary alicyclic amines) is 1. The van der Waals surface area contributed by atoms with E-state index >= 15 is 0 Å². The SMILES string of the molecule is O=C(c1nn([C@H]2CCCN(CCCl)C2)c2c1CS(=O)(=O)c1cc(OC(F)(F)F)ccc1-2)N1CCOCC1. The number of hydrogen-bond acceptors (Lipinski definition) is 7. The first-order valence-corrected chi connectivity index (χ1v) is 14.2. The van der Waals surface area contributed by atoms with Gasteiger partial charge in [0.25, 0.3) is 5.91 Å². The molecule has 5 rings (SSSR count). The van der Waals surface area contributed by atoms with Crippen molar-refractivity contribution in [2.45, 2.75) is 35.9 Å². The van der Waals surface area contributed by atoms with E-state index < -0.39 is 27.7 Å². The van der Waals surface area contributed by atoms with Crippen molar-refractivity contribution < 1.29 is 35.9 Å². The van der Waals surface area contributed by atoms with Crippen LogP contribution < -0.4 is 4.74 Å². The molecule has 3 aliphatic heterocycles. The zero-order valence-corrected chi connectivity index (χ0v) is 21.4. The van der Waals surface area contributed by atoms with Gasteiger partial charge in [-0.05, 0) is 37.6 Å². The van der Waals surface area contributed by atoms with Gasteiger partial charge in [0.1, 0.15) is 5.75 Å². The van der Waals surface area contributed by atoms with E-state index in [-0.39, 0.29) is 33.7 Å². The second kappa shape index (κ2) is 10.1.